The van der Waals surface area contributed by atoms with E-state index in [1.807, 2.05) is 30.2 Å². The van der Waals surface area contributed by atoms with Crippen LogP contribution < -0.4 is 0 Å². The van der Waals surface area contributed by atoms with Gasteiger partial charge in [0.1, 0.15) is 5.82 Å². The molecule has 0 N–H and O–H groups in total. The summed E-state index contributed by atoms with van der Waals surface area (Å²) in [5.41, 5.74) is 2.54. The summed E-state index contributed by atoms with van der Waals surface area (Å²) in [6.07, 6.45) is 5.77. The number of aryl methyl sites for hydroxylation is 1. The molecule has 0 aliphatic carbocycles. The molecule has 0 aromatic carbocycles. The summed E-state index contributed by atoms with van der Waals surface area (Å²) < 4.78 is 1.86. The van der Waals surface area contributed by atoms with Crippen molar-refractivity contribution in [1.29, 1.82) is 0 Å². The number of nitrogens with zero attached hydrogens (tertiary/aromatic N) is 4. The molecule has 2 aromatic heterocycles. The number of rotatable bonds is 5. The largest absolute Gasteiger partial charge is 0.276 e. The molecule has 2 aromatic rings. The van der Waals surface area contributed by atoms with E-state index in [9.17, 15) is 0 Å². The molecule has 2 heterocycles. The zero-order chi connectivity index (χ0) is 17.3. The molecule has 0 fully saturated rings. The Morgan fingerprint density at radius 3 is 2.26 bits per heavy atom. The molecule has 0 saturated carbocycles. The highest BCUT2D eigenvalue weighted by Gasteiger charge is 2.26. The van der Waals surface area contributed by atoms with E-state index in [0.29, 0.717) is 5.92 Å². The average molecular weight is 314 g/mol. The Bertz CT molecular complexity index is 649. The molecule has 0 aliphatic heterocycles. The predicted molar refractivity (Wildman–Crippen MR) is 94.3 cm³/mol. The van der Waals surface area contributed by atoms with Crippen LogP contribution in [-0.4, -0.2) is 19.7 Å². The van der Waals surface area contributed by atoms with E-state index in [-0.39, 0.29) is 10.8 Å². The van der Waals surface area contributed by atoms with Crippen molar-refractivity contribution in [1.82, 2.24) is 19.7 Å². The lowest BCUT2D eigenvalue weighted by Gasteiger charge is -2.27. The first-order valence-electron chi connectivity index (χ1n) is 8.37. The van der Waals surface area contributed by atoms with Crippen LogP contribution in [0.25, 0.3) is 0 Å². The summed E-state index contributed by atoms with van der Waals surface area (Å²) in [6.45, 7) is 13.5. The van der Waals surface area contributed by atoms with E-state index in [1.54, 1.807) is 0 Å². The van der Waals surface area contributed by atoms with Gasteiger partial charge in [-0.25, -0.2) is 9.97 Å². The lowest BCUT2D eigenvalue weighted by Crippen LogP contribution is -2.22. The van der Waals surface area contributed by atoms with Crippen LogP contribution in [0.4, 0.5) is 0 Å². The summed E-state index contributed by atoms with van der Waals surface area (Å²) >= 11 is 0. The van der Waals surface area contributed by atoms with E-state index in [1.165, 1.54) is 0 Å². The third-order valence-electron chi connectivity index (χ3n) is 4.51. The first-order chi connectivity index (χ1) is 10.6. The standard InChI is InChI=1S/C19H30N4/c1-14(18(2,3)4)17-20-10-8-15(21-17)12-19(5,6)13-16-9-11-23(7)22-16/h8-11,14H,12-13H2,1-7H3/t14-/m1/s1. The highest BCUT2D eigenvalue weighted by molar-refractivity contribution is 5.11. The Kier molecular flexibility index (Phi) is 4.92. The minimum Gasteiger partial charge on any atom is -0.276 e. The van der Waals surface area contributed by atoms with E-state index in [0.717, 1.165) is 30.1 Å². The van der Waals surface area contributed by atoms with Crippen LogP contribution >= 0.6 is 0 Å². The highest BCUT2D eigenvalue weighted by atomic mass is 15.2. The molecular formula is C19H30N4. The first kappa shape index (κ1) is 17.6. The van der Waals surface area contributed by atoms with Gasteiger partial charge in [-0.2, -0.15) is 5.10 Å². The van der Waals surface area contributed by atoms with Gasteiger partial charge in [-0.3, -0.25) is 4.68 Å². The van der Waals surface area contributed by atoms with Gasteiger partial charge in [0.2, 0.25) is 0 Å². The molecule has 2 rings (SSSR count). The van der Waals surface area contributed by atoms with Crippen molar-refractivity contribution in [3.8, 4) is 0 Å². The molecule has 0 radical (unpaired) electrons. The van der Waals surface area contributed by atoms with Gasteiger partial charge in [0.15, 0.2) is 0 Å². The maximum absolute atomic E-state index is 4.83. The Balaban J connectivity index is 2.13. The molecule has 23 heavy (non-hydrogen) atoms. The molecule has 0 aliphatic rings. The summed E-state index contributed by atoms with van der Waals surface area (Å²) in [4.78, 5) is 9.33. The van der Waals surface area contributed by atoms with E-state index in [2.05, 4.69) is 57.7 Å². The number of aromatic nitrogens is 4. The van der Waals surface area contributed by atoms with Crippen LogP contribution in [0.5, 0.6) is 0 Å². The summed E-state index contributed by atoms with van der Waals surface area (Å²) in [7, 11) is 1.96. The Hall–Kier alpha value is -1.71. The second kappa shape index (κ2) is 6.42. The second-order valence-electron chi connectivity index (χ2n) is 8.49. The molecule has 0 spiro atoms. The van der Waals surface area contributed by atoms with Crippen LogP contribution in [0.2, 0.25) is 0 Å². The zero-order valence-electron chi connectivity index (χ0n) is 15.6. The van der Waals surface area contributed by atoms with Gasteiger partial charge in [0.05, 0.1) is 5.69 Å². The monoisotopic (exact) mass is 314 g/mol. The van der Waals surface area contributed by atoms with Crippen LogP contribution in [-0.2, 0) is 19.9 Å². The van der Waals surface area contributed by atoms with Gasteiger partial charge in [0, 0.05) is 31.1 Å². The van der Waals surface area contributed by atoms with Crippen LogP contribution in [0.15, 0.2) is 24.5 Å². The molecule has 0 amide bonds. The third-order valence-corrected chi connectivity index (χ3v) is 4.51. The number of hydrogen-bond donors (Lipinski definition) is 0. The van der Waals surface area contributed by atoms with Gasteiger partial charge in [-0.1, -0.05) is 41.5 Å². The first-order valence-corrected chi connectivity index (χ1v) is 8.37. The quantitative estimate of drug-likeness (QED) is 0.832. The number of hydrogen-bond acceptors (Lipinski definition) is 3. The van der Waals surface area contributed by atoms with E-state index < -0.39 is 0 Å². The van der Waals surface area contributed by atoms with Gasteiger partial charge in [-0.15, -0.1) is 0 Å². The van der Waals surface area contributed by atoms with Gasteiger partial charge in [-0.05, 0) is 35.8 Å². The summed E-state index contributed by atoms with van der Waals surface area (Å²) in [6, 6.07) is 4.13. The van der Waals surface area contributed by atoms with Crippen molar-refractivity contribution < 1.29 is 0 Å². The minimum absolute atomic E-state index is 0.116. The lowest BCUT2D eigenvalue weighted by molar-refractivity contribution is 0.323. The summed E-state index contributed by atoms with van der Waals surface area (Å²) in [5, 5.41) is 4.50. The molecule has 0 bridgehead atoms. The Labute approximate surface area is 140 Å². The Morgan fingerprint density at radius 2 is 1.70 bits per heavy atom. The molecule has 4 nitrogen and oxygen atoms in total. The van der Waals surface area contributed by atoms with E-state index in [4.69, 9.17) is 4.98 Å². The van der Waals surface area contributed by atoms with Crippen LogP contribution in [0.1, 0.15) is 64.7 Å². The van der Waals surface area contributed by atoms with Gasteiger partial charge in [0.25, 0.3) is 0 Å². The minimum atomic E-state index is 0.116. The molecule has 4 heteroatoms. The smallest absolute Gasteiger partial charge is 0.131 e. The topological polar surface area (TPSA) is 43.6 Å². The second-order valence-corrected chi connectivity index (χ2v) is 8.49. The van der Waals surface area contributed by atoms with Gasteiger partial charge >= 0.3 is 0 Å². The molecule has 0 unspecified atom stereocenters. The fourth-order valence-electron chi connectivity index (χ4n) is 2.71. The van der Waals surface area contributed by atoms with Crippen molar-refractivity contribution in [2.75, 3.05) is 0 Å². The van der Waals surface area contributed by atoms with Crippen molar-refractivity contribution in [3.63, 3.8) is 0 Å². The highest BCUT2D eigenvalue weighted by Crippen LogP contribution is 2.33. The maximum atomic E-state index is 4.83. The Morgan fingerprint density at radius 1 is 1.04 bits per heavy atom. The molecule has 1 atom stereocenters. The van der Waals surface area contributed by atoms with Crippen molar-refractivity contribution in [3.05, 3.63) is 41.7 Å². The molecule has 126 valence electrons. The lowest BCUT2D eigenvalue weighted by atomic mass is 9.81. The average Bonchev–Trinajstić information content (AvgIpc) is 2.81. The van der Waals surface area contributed by atoms with E-state index >= 15 is 0 Å². The van der Waals surface area contributed by atoms with Gasteiger partial charge < -0.3 is 0 Å². The van der Waals surface area contributed by atoms with Crippen LogP contribution in [0.3, 0.4) is 0 Å². The predicted octanol–water partition coefficient (Wildman–Crippen LogP) is 4.17. The third kappa shape index (κ3) is 4.88. The normalized spacial score (nSPS) is 14.0. The maximum Gasteiger partial charge on any atom is 0.131 e. The fraction of sp³-hybridized carbons (Fsp3) is 0.632. The zero-order valence-corrected chi connectivity index (χ0v) is 15.6. The molecular weight excluding hydrogens is 284 g/mol. The van der Waals surface area contributed by atoms with Crippen molar-refractivity contribution in [2.45, 2.75) is 60.3 Å². The molecule has 0 saturated heterocycles. The van der Waals surface area contributed by atoms with Crippen molar-refractivity contribution in [2.24, 2.45) is 17.9 Å². The van der Waals surface area contributed by atoms with Crippen molar-refractivity contribution >= 4 is 0 Å². The summed E-state index contributed by atoms with van der Waals surface area (Å²) in [5.74, 6) is 1.28. The fourth-order valence-corrected chi connectivity index (χ4v) is 2.71. The van der Waals surface area contributed by atoms with Crippen LogP contribution in [0, 0.1) is 10.8 Å². The SMILES string of the molecule is C[C@H](c1nccc(CC(C)(C)Cc2ccn(C)n2)n1)C(C)(C)C.